The lowest BCUT2D eigenvalue weighted by molar-refractivity contribution is -0.251. The Morgan fingerprint density at radius 1 is 1.02 bits per heavy atom. The van der Waals surface area contributed by atoms with Crippen molar-refractivity contribution in [1.29, 1.82) is 0 Å². The molecular weight excluding hydrogens is 620 g/mol. The van der Waals surface area contributed by atoms with Crippen molar-refractivity contribution in [3.05, 3.63) is 88.0 Å². The Hall–Kier alpha value is -4.04. The minimum atomic E-state index is -1.82. The molecule has 1 fully saturated rings. The predicted molar refractivity (Wildman–Crippen MR) is 167 cm³/mol. The number of fused-ring (bicyclic) bond motifs is 3. The first-order valence-electron chi connectivity index (χ1n) is 14.6. The molecule has 0 aromatic heterocycles. The number of ether oxygens (including phenoxy) is 4. The quantitative estimate of drug-likeness (QED) is 0.191. The Kier molecular flexibility index (Phi) is 9.41. The maximum absolute atomic E-state index is 13.6. The number of rotatable bonds is 6. The van der Waals surface area contributed by atoms with Gasteiger partial charge in [-0.1, -0.05) is 42.5 Å². The molecule has 46 heavy (non-hydrogen) atoms. The summed E-state index contributed by atoms with van der Waals surface area (Å²) in [6, 6.07) is 14.3. The van der Waals surface area contributed by atoms with Crippen molar-refractivity contribution in [2.24, 2.45) is 5.73 Å². The zero-order chi connectivity index (χ0) is 32.0. The average molecular weight is 655 g/mol. The molecule has 1 amide bonds. The molecule has 12 nitrogen and oxygen atoms in total. The van der Waals surface area contributed by atoms with Crippen LogP contribution in [0, 0.1) is 0 Å². The number of hydrogen-bond donors (Lipinski definition) is 5. The first kappa shape index (κ1) is 33.3. The molecule has 6 N–H and O–H groups in total. The summed E-state index contributed by atoms with van der Waals surface area (Å²) in [5, 5.41) is 37.6. The Morgan fingerprint density at radius 2 is 1.63 bits per heavy atom. The number of hydrogen-bond acceptors (Lipinski definition) is 11. The van der Waals surface area contributed by atoms with E-state index in [-0.39, 0.29) is 65.1 Å². The highest BCUT2D eigenvalue weighted by Gasteiger charge is 2.48. The Balaban J connectivity index is 0.00000417. The van der Waals surface area contributed by atoms with Crippen molar-refractivity contribution in [1.82, 2.24) is 0 Å². The van der Waals surface area contributed by atoms with Gasteiger partial charge in [-0.2, -0.15) is 0 Å². The van der Waals surface area contributed by atoms with Crippen molar-refractivity contribution >= 4 is 35.8 Å². The molecule has 3 aliphatic rings. The van der Waals surface area contributed by atoms with Gasteiger partial charge in [0.15, 0.2) is 17.9 Å². The van der Waals surface area contributed by atoms with Crippen LogP contribution < -0.4 is 11.1 Å². The monoisotopic (exact) mass is 654 g/mol. The van der Waals surface area contributed by atoms with Gasteiger partial charge in [0.1, 0.15) is 23.7 Å². The van der Waals surface area contributed by atoms with Crippen LogP contribution in [0.2, 0.25) is 0 Å². The number of phenols is 2. The zero-order valence-corrected chi connectivity index (χ0v) is 25.9. The number of methoxy groups -OCH3 is 1. The minimum absolute atomic E-state index is 0. The molecule has 1 aliphatic heterocycles. The molecule has 1 heterocycles. The highest BCUT2D eigenvalue weighted by Crippen LogP contribution is 2.52. The smallest absolute Gasteiger partial charge is 0.411 e. The molecule has 1 saturated heterocycles. The second-order valence-corrected chi connectivity index (χ2v) is 11.7. The van der Waals surface area contributed by atoms with E-state index < -0.39 is 72.0 Å². The van der Waals surface area contributed by atoms with Crippen LogP contribution in [-0.2, 0) is 25.4 Å². The fourth-order valence-electron chi connectivity index (χ4n) is 6.57. The number of phenolic OH excluding ortho intramolecular Hbond substituents is 2. The molecule has 0 bridgehead atoms. The predicted octanol–water partition coefficient (Wildman–Crippen LogP) is 3.76. The molecule has 6 atom stereocenters. The molecule has 6 rings (SSSR count). The molecule has 0 unspecified atom stereocenters. The van der Waals surface area contributed by atoms with Crippen molar-refractivity contribution in [3.8, 4) is 11.5 Å². The van der Waals surface area contributed by atoms with Gasteiger partial charge in [0.25, 0.3) is 0 Å². The summed E-state index contributed by atoms with van der Waals surface area (Å²) in [6.07, 6.45) is -4.12. The number of ketones is 2. The molecule has 0 spiro atoms. The van der Waals surface area contributed by atoms with E-state index in [4.69, 9.17) is 24.7 Å². The van der Waals surface area contributed by atoms with Gasteiger partial charge in [-0.3, -0.25) is 14.9 Å². The Morgan fingerprint density at radius 3 is 2.24 bits per heavy atom. The average Bonchev–Trinajstić information content (AvgIpc) is 3.01. The van der Waals surface area contributed by atoms with Crippen molar-refractivity contribution in [2.75, 3.05) is 19.0 Å². The number of amides is 1. The first-order chi connectivity index (χ1) is 21.5. The summed E-state index contributed by atoms with van der Waals surface area (Å²) in [7, 11) is 1.53. The number of aliphatic hydroxyl groups is 1. The third-order valence-corrected chi connectivity index (χ3v) is 8.65. The molecule has 3 aromatic carbocycles. The van der Waals surface area contributed by atoms with Gasteiger partial charge in [-0.25, -0.2) is 4.79 Å². The van der Waals surface area contributed by atoms with Crippen LogP contribution in [0.15, 0.2) is 54.6 Å². The summed E-state index contributed by atoms with van der Waals surface area (Å²) in [5.41, 5.74) is 4.46. The number of carbonyl (C=O) groups excluding carboxylic acids is 3. The fourth-order valence-corrected chi connectivity index (χ4v) is 6.57. The number of para-hydroxylation sites is 1. The standard InChI is InChI=1S/C33H34N2O10.ClH/c1-16-31(42-2)21(34)12-23(44-16)45-22-14-33(41,15-43-32(40)35-17-8-4-3-5-9-17)13-20-24(22)30(39)26-25(29(20)38)27(36)18-10-6-7-11-19(18)28(26)37;/h3-11,16,21-23,31,38-39,41H,12-15,34H2,1-2H3,(H,35,40);1H/t16-,21-,22-,23-,31-,33-;/m0./s1. The number of anilines is 1. The van der Waals surface area contributed by atoms with E-state index in [0.29, 0.717) is 5.69 Å². The lowest BCUT2D eigenvalue weighted by Gasteiger charge is -2.43. The van der Waals surface area contributed by atoms with Crippen LogP contribution in [0.3, 0.4) is 0 Å². The van der Waals surface area contributed by atoms with E-state index in [9.17, 15) is 29.7 Å². The van der Waals surface area contributed by atoms with E-state index in [1.54, 1.807) is 49.4 Å². The number of nitrogens with one attached hydrogen (secondary N) is 1. The van der Waals surface area contributed by atoms with Crippen molar-refractivity contribution < 1.29 is 48.7 Å². The van der Waals surface area contributed by atoms with Crippen LogP contribution >= 0.6 is 12.4 Å². The molecule has 244 valence electrons. The van der Waals surface area contributed by atoms with Crippen molar-refractivity contribution in [3.63, 3.8) is 0 Å². The largest absolute Gasteiger partial charge is 0.507 e. The van der Waals surface area contributed by atoms with Gasteiger partial charge in [0.2, 0.25) is 0 Å². The minimum Gasteiger partial charge on any atom is -0.507 e. The zero-order valence-electron chi connectivity index (χ0n) is 25.1. The molecular formula is C33H35ClN2O10. The Bertz CT molecular complexity index is 1660. The molecule has 13 heteroatoms. The second-order valence-electron chi connectivity index (χ2n) is 11.7. The van der Waals surface area contributed by atoms with Crippen molar-refractivity contribution in [2.45, 2.75) is 62.4 Å². The molecule has 3 aromatic rings. The van der Waals surface area contributed by atoms with Gasteiger partial charge in [-0.15, -0.1) is 12.4 Å². The maximum atomic E-state index is 13.6. The fraction of sp³-hybridized carbons (Fsp3) is 0.364. The van der Waals surface area contributed by atoms with Gasteiger partial charge < -0.3 is 40.0 Å². The Labute approximate surface area is 270 Å². The molecule has 0 radical (unpaired) electrons. The number of aromatic hydroxyl groups is 2. The van der Waals surface area contributed by atoms with Gasteiger partial charge in [0.05, 0.1) is 29.4 Å². The van der Waals surface area contributed by atoms with Crippen LogP contribution in [0.25, 0.3) is 0 Å². The van der Waals surface area contributed by atoms with E-state index in [2.05, 4.69) is 5.32 Å². The number of nitrogens with two attached hydrogens (primary N) is 1. The third kappa shape index (κ3) is 5.95. The summed E-state index contributed by atoms with van der Waals surface area (Å²) in [4.78, 5) is 39.7. The van der Waals surface area contributed by atoms with Crippen LogP contribution in [0.4, 0.5) is 10.5 Å². The number of halogens is 1. The number of benzene rings is 3. The molecule has 2 aliphatic carbocycles. The van der Waals surface area contributed by atoms with E-state index in [1.807, 2.05) is 0 Å². The highest BCUT2D eigenvalue weighted by atomic mass is 35.5. The van der Waals surface area contributed by atoms with Gasteiger partial charge in [-0.05, 0) is 19.1 Å². The topological polar surface area (TPSA) is 187 Å². The van der Waals surface area contributed by atoms with E-state index in [1.165, 1.54) is 19.2 Å². The first-order valence-corrected chi connectivity index (χ1v) is 14.6. The summed E-state index contributed by atoms with van der Waals surface area (Å²) >= 11 is 0. The van der Waals surface area contributed by atoms with Gasteiger partial charge >= 0.3 is 6.09 Å². The van der Waals surface area contributed by atoms with Crippen LogP contribution in [0.1, 0.15) is 68.8 Å². The van der Waals surface area contributed by atoms with E-state index in [0.717, 1.165) is 0 Å². The summed E-state index contributed by atoms with van der Waals surface area (Å²) < 4.78 is 23.1. The summed E-state index contributed by atoms with van der Waals surface area (Å²) in [6.45, 7) is 1.25. The summed E-state index contributed by atoms with van der Waals surface area (Å²) in [5.74, 6) is -2.39. The van der Waals surface area contributed by atoms with E-state index >= 15 is 0 Å². The maximum Gasteiger partial charge on any atom is 0.411 e. The number of carbonyl (C=O) groups is 3. The van der Waals surface area contributed by atoms with Crippen LogP contribution in [0.5, 0.6) is 11.5 Å². The highest BCUT2D eigenvalue weighted by molar-refractivity contribution is 6.30. The lowest BCUT2D eigenvalue weighted by Crippen LogP contribution is -2.53. The lowest BCUT2D eigenvalue weighted by atomic mass is 9.73. The second kappa shape index (κ2) is 13.0. The van der Waals surface area contributed by atoms with Crippen LogP contribution in [-0.4, -0.2) is 76.8 Å². The third-order valence-electron chi connectivity index (χ3n) is 8.65. The van der Waals surface area contributed by atoms with Gasteiger partial charge in [0, 0.05) is 60.4 Å². The molecule has 0 saturated carbocycles. The SMILES string of the molecule is CO[C@H]1[C@H](C)O[C@@H](O[C@H]2C[C@](O)(COC(=O)Nc3ccccc3)Cc3c(O)c4c(c(O)c32)C(=O)c2ccccc2C4=O)C[C@@H]1N.Cl. The normalized spacial score (nSPS) is 26.7.